The molecule has 0 spiro atoms. The fourth-order valence-electron chi connectivity index (χ4n) is 1.96. The summed E-state index contributed by atoms with van der Waals surface area (Å²) < 4.78 is 49.7. The average Bonchev–Trinajstić information content (AvgIpc) is 2.34. The van der Waals surface area contributed by atoms with Crippen LogP contribution in [0.2, 0.25) is 0 Å². The zero-order valence-electron chi connectivity index (χ0n) is 10.3. The molecule has 0 aliphatic heterocycles. The van der Waals surface area contributed by atoms with Crippen LogP contribution in [-0.2, 0) is 15.5 Å². The van der Waals surface area contributed by atoms with Crippen molar-refractivity contribution in [3.63, 3.8) is 0 Å². The lowest BCUT2D eigenvalue weighted by atomic mass is 10.0. The first kappa shape index (κ1) is 14.9. The SMILES string of the molecule is O=S(=O)(Cl)C(Cc1cccc(F)c1)c1cccc(F)c1. The van der Waals surface area contributed by atoms with Crippen LogP contribution in [0.3, 0.4) is 0 Å². The van der Waals surface area contributed by atoms with Gasteiger partial charge in [-0.2, -0.15) is 0 Å². The van der Waals surface area contributed by atoms with Gasteiger partial charge in [0, 0.05) is 10.7 Å². The number of benzene rings is 2. The molecule has 0 fully saturated rings. The molecule has 0 aliphatic rings. The fraction of sp³-hybridized carbons (Fsp3) is 0.143. The monoisotopic (exact) mass is 316 g/mol. The molecule has 2 rings (SSSR count). The van der Waals surface area contributed by atoms with E-state index >= 15 is 0 Å². The first-order valence-electron chi connectivity index (χ1n) is 5.79. The van der Waals surface area contributed by atoms with E-state index in [1.807, 2.05) is 0 Å². The van der Waals surface area contributed by atoms with Crippen LogP contribution in [-0.4, -0.2) is 8.42 Å². The summed E-state index contributed by atoms with van der Waals surface area (Å²) in [4.78, 5) is 0. The van der Waals surface area contributed by atoms with Crippen molar-refractivity contribution in [2.24, 2.45) is 0 Å². The highest BCUT2D eigenvalue weighted by molar-refractivity contribution is 8.13. The Morgan fingerprint density at radius 3 is 2.15 bits per heavy atom. The third-order valence-electron chi connectivity index (χ3n) is 2.87. The maximum atomic E-state index is 13.2. The van der Waals surface area contributed by atoms with E-state index in [0.717, 1.165) is 6.07 Å². The molecule has 2 nitrogen and oxygen atoms in total. The Kier molecular flexibility index (Phi) is 4.40. The Hall–Kier alpha value is -1.46. The third-order valence-corrected chi connectivity index (χ3v) is 4.63. The van der Waals surface area contributed by atoms with E-state index < -0.39 is 25.9 Å². The van der Waals surface area contributed by atoms with Gasteiger partial charge in [0.15, 0.2) is 0 Å². The van der Waals surface area contributed by atoms with E-state index in [1.165, 1.54) is 36.4 Å². The van der Waals surface area contributed by atoms with Gasteiger partial charge >= 0.3 is 0 Å². The summed E-state index contributed by atoms with van der Waals surface area (Å²) in [7, 11) is 1.47. The van der Waals surface area contributed by atoms with Gasteiger partial charge < -0.3 is 0 Å². The summed E-state index contributed by atoms with van der Waals surface area (Å²) in [6, 6.07) is 10.8. The van der Waals surface area contributed by atoms with Crippen molar-refractivity contribution in [1.82, 2.24) is 0 Å². The molecule has 0 saturated heterocycles. The molecule has 106 valence electrons. The van der Waals surface area contributed by atoms with Crippen molar-refractivity contribution in [2.75, 3.05) is 0 Å². The van der Waals surface area contributed by atoms with Crippen LogP contribution in [0.5, 0.6) is 0 Å². The first-order chi connectivity index (χ1) is 9.36. The molecule has 6 heteroatoms. The van der Waals surface area contributed by atoms with Gasteiger partial charge in [-0.3, -0.25) is 0 Å². The minimum atomic E-state index is -3.96. The van der Waals surface area contributed by atoms with Gasteiger partial charge in [-0.05, 0) is 41.8 Å². The van der Waals surface area contributed by atoms with E-state index in [2.05, 4.69) is 0 Å². The van der Waals surface area contributed by atoms with Crippen molar-refractivity contribution < 1.29 is 17.2 Å². The Labute approximate surface area is 120 Å². The molecule has 0 heterocycles. The van der Waals surface area contributed by atoms with E-state index in [4.69, 9.17) is 10.7 Å². The van der Waals surface area contributed by atoms with Crippen LogP contribution in [0.25, 0.3) is 0 Å². The van der Waals surface area contributed by atoms with Crippen molar-refractivity contribution in [2.45, 2.75) is 11.7 Å². The zero-order chi connectivity index (χ0) is 14.8. The van der Waals surface area contributed by atoms with Crippen LogP contribution in [0, 0.1) is 11.6 Å². The Bertz CT molecular complexity index is 717. The van der Waals surface area contributed by atoms with Gasteiger partial charge in [-0.25, -0.2) is 17.2 Å². The second-order valence-electron chi connectivity index (χ2n) is 4.35. The second kappa shape index (κ2) is 5.89. The molecule has 0 bridgehead atoms. The second-order valence-corrected chi connectivity index (χ2v) is 7.16. The van der Waals surface area contributed by atoms with Crippen molar-refractivity contribution >= 4 is 19.7 Å². The van der Waals surface area contributed by atoms with Crippen LogP contribution in [0.15, 0.2) is 48.5 Å². The van der Waals surface area contributed by atoms with E-state index in [-0.39, 0.29) is 12.0 Å². The largest absolute Gasteiger partial charge is 0.239 e. The predicted molar refractivity (Wildman–Crippen MR) is 74.0 cm³/mol. The topological polar surface area (TPSA) is 34.1 Å². The number of hydrogen-bond acceptors (Lipinski definition) is 2. The van der Waals surface area contributed by atoms with Crippen molar-refractivity contribution in [3.05, 3.63) is 71.3 Å². The lowest BCUT2D eigenvalue weighted by Gasteiger charge is -2.14. The smallest absolute Gasteiger partial charge is 0.212 e. The summed E-state index contributed by atoms with van der Waals surface area (Å²) in [5, 5.41) is -1.12. The van der Waals surface area contributed by atoms with E-state index in [9.17, 15) is 17.2 Å². The third kappa shape index (κ3) is 3.77. The first-order valence-corrected chi connectivity index (χ1v) is 8.17. The molecule has 0 amide bonds. The minimum absolute atomic E-state index is 0.0208. The highest BCUT2D eigenvalue weighted by Gasteiger charge is 2.26. The van der Waals surface area contributed by atoms with Crippen LogP contribution in [0.1, 0.15) is 16.4 Å². The molecule has 0 saturated carbocycles. The molecule has 1 unspecified atom stereocenters. The predicted octanol–water partition coefficient (Wildman–Crippen LogP) is 3.82. The highest BCUT2D eigenvalue weighted by Crippen LogP contribution is 2.30. The molecule has 0 aromatic heterocycles. The van der Waals surface area contributed by atoms with Crippen LogP contribution in [0.4, 0.5) is 8.78 Å². The summed E-state index contributed by atoms with van der Waals surface area (Å²) in [6.45, 7) is 0. The molecule has 1 atom stereocenters. The summed E-state index contributed by atoms with van der Waals surface area (Å²) in [5.41, 5.74) is 0.716. The molecule has 0 aliphatic carbocycles. The summed E-state index contributed by atoms with van der Waals surface area (Å²) >= 11 is 0. The highest BCUT2D eigenvalue weighted by atomic mass is 35.7. The molecule has 2 aromatic rings. The molecule has 2 aromatic carbocycles. The normalized spacial score (nSPS) is 13.2. The standard InChI is InChI=1S/C14H11ClF2O2S/c15-20(18,19)14(11-4-2-6-13(17)9-11)8-10-3-1-5-12(16)7-10/h1-7,9,14H,8H2. The zero-order valence-corrected chi connectivity index (χ0v) is 11.8. The Morgan fingerprint density at radius 1 is 1.00 bits per heavy atom. The summed E-state index contributed by atoms with van der Waals surface area (Å²) in [6.07, 6.45) is -0.0208. The average molecular weight is 317 g/mol. The molecule has 0 radical (unpaired) electrons. The van der Waals surface area contributed by atoms with Gasteiger partial charge in [0.1, 0.15) is 16.9 Å². The van der Waals surface area contributed by atoms with Crippen LogP contribution >= 0.6 is 10.7 Å². The molecular weight excluding hydrogens is 306 g/mol. The van der Waals surface area contributed by atoms with Gasteiger partial charge in [0.25, 0.3) is 0 Å². The maximum Gasteiger partial charge on any atom is 0.239 e. The number of rotatable bonds is 4. The van der Waals surface area contributed by atoms with Gasteiger partial charge in [0.2, 0.25) is 9.05 Å². The number of hydrogen-bond donors (Lipinski definition) is 0. The van der Waals surface area contributed by atoms with Crippen molar-refractivity contribution in [3.8, 4) is 0 Å². The fourth-order valence-corrected chi connectivity index (χ4v) is 3.33. The van der Waals surface area contributed by atoms with Gasteiger partial charge in [-0.1, -0.05) is 24.3 Å². The Balaban J connectivity index is 2.40. The lowest BCUT2D eigenvalue weighted by Crippen LogP contribution is -2.11. The summed E-state index contributed by atoms with van der Waals surface area (Å²) in [5.74, 6) is -1.01. The lowest BCUT2D eigenvalue weighted by molar-refractivity contribution is 0.592. The molecule has 20 heavy (non-hydrogen) atoms. The minimum Gasteiger partial charge on any atom is -0.212 e. The van der Waals surface area contributed by atoms with Crippen LogP contribution < -0.4 is 0 Å². The van der Waals surface area contributed by atoms with Gasteiger partial charge in [0.05, 0.1) is 0 Å². The Morgan fingerprint density at radius 2 is 1.60 bits per heavy atom. The molecular formula is C14H11ClF2O2S. The maximum absolute atomic E-state index is 13.2. The van der Waals surface area contributed by atoms with E-state index in [0.29, 0.717) is 5.56 Å². The van der Waals surface area contributed by atoms with Gasteiger partial charge in [-0.15, -0.1) is 0 Å². The van der Waals surface area contributed by atoms with E-state index in [1.54, 1.807) is 6.07 Å². The number of halogens is 3. The quantitative estimate of drug-likeness (QED) is 0.804. The molecule has 0 N–H and O–H groups in total. The van der Waals surface area contributed by atoms with Crippen molar-refractivity contribution in [1.29, 1.82) is 0 Å².